The van der Waals surface area contributed by atoms with Gasteiger partial charge in [0.05, 0.1) is 24.0 Å². The van der Waals surface area contributed by atoms with Crippen molar-refractivity contribution in [2.75, 3.05) is 11.9 Å². The van der Waals surface area contributed by atoms with Crippen molar-refractivity contribution >= 4 is 34.2 Å². The summed E-state index contributed by atoms with van der Waals surface area (Å²) in [7, 11) is 0. The van der Waals surface area contributed by atoms with Crippen molar-refractivity contribution in [1.82, 2.24) is 0 Å². The van der Waals surface area contributed by atoms with Gasteiger partial charge in [0.25, 0.3) is 0 Å². The van der Waals surface area contributed by atoms with E-state index in [1.54, 1.807) is 6.92 Å². The molecule has 1 aromatic heterocycles. The van der Waals surface area contributed by atoms with E-state index in [1.807, 2.05) is 0 Å². The summed E-state index contributed by atoms with van der Waals surface area (Å²) >= 11 is 1.48. The molecule has 0 radical (unpaired) electrons. The van der Waals surface area contributed by atoms with E-state index in [0.717, 1.165) is 55.4 Å². The molecule has 0 spiro atoms. The third kappa shape index (κ3) is 4.20. The number of fused-ring (bicyclic) bond motifs is 4. The first-order valence-electron chi connectivity index (χ1n) is 12.0. The minimum Gasteiger partial charge on any atom is -0.481 e. The van der Waals surface area contributed by atoms with Gasteiger partial charge in [-0.15, -0.1) is 11.3 Å². The number of thiophene rings is 1. The number of hydrogen-bond donors (Lipinski definition) is 2. The molecule has 3 atom stereocenters. The summed E-state index contributed by atoms with van der Waals surface area (Å²) in [5.41, 5.74) is 1.66. The second kappa shape index (κ2) is 8.81. The Balaban J connectivity index is 1.64. The van der Waals surface area contributed by atoms with Crippen LogP contribution < -0.4 is 5.32 Å². The smallest absolute Gasteiger partial charge is 0.341 e. The van der Waals surface area contributed by atoms with E-state index in [4.69, 9.17) is 4.74 Å². The lowest BCUT2D eigenvalue weighted by Gasteiger charge is -2.45. The maximum atomic E-state index is 13.4. The fraction of sp³-hybridized carbons (Fsp3) is 0.720. The van der Waals surface area contributed by atoms with Gasteiger partial charge in [-0.3, -0.25) is 9.59 Å². The zero-order valence-corrected chi connectivity index (χ0v) is 20.3. The number of carboxylic acids is 1. The molecule has 3 fully saturated rings. The maximum Gasteiger partial charge on any atom is 0.341 e. The lowest BCUT2D eigenvalue weighted by Crippen LogP contribution is -2.49. The van der Waals surface area contributed by atoms with E-state index in [9.17, 15) is 19.5 Å². The van der Waals surface area contributed by atoms with Crippen molar-refractivity contribution in [1.29, 1.82) is 0 Å². The van der Waals surface area contributed by atoms with E-state index in [-0.39, 0.29) is 29.8 Å². The van der Waals surface area contributed by atoms with Gasteiger partial charge in [-0.05, 0) is 80.6 Å². The number of aliphatic carboxylic acids is 1. The van der Waals surface area contributed by atoms with E-state index in [1.165, 1.54) is 11.3 Å². The minimum atomic E-state index is -0.872. The highest BCUT2D eigenvalue weighted by atomic mass is 32.1. The Labute approximate surface area is 194 Å². The summed E-state index contributed by atoms with van der Waals surface area (Å²) in [6.45, 7) is 8.79. The summed E-state index contributed by atoms with van der Waals surface area (Å²) in [5.74, 6) is -1.99. The maximum absolute atomic E-state index is 13.4. The van der Waals surface area contributed by atoms with Crippen molar-refractivity contribution < 1.29 is 24.2 Å². The van der Waals surface area contributed by atoms with Gasteiger partial charge in [-0.25, -0.2) is 4.79 Å². The van der Waals surface area contributed by atoms with Crippen LogP contribution in [0, 0.1) is 35.0 Å². The Morgan fingerprint density at radius 2 is 1.69 bits per heavy atom. The molecule has 0 saturated heterocycles. The van der Waals surface area contributed by atoms with Crippen LogP contribution in [0.1, 0.15) is 80.6 Å². The lowest BCUT2D eigenvalue weighted by molar-refractivity contribution is -0.156. The SMILES string of the molecule is CCOC(=O)c1c(NC(=O)[C@H]2C3CCC(CC3)[C@@H]2C(=O)O)sc2c1CC[C@@H](C(C)(C)C)C2. The molecule has 7 heteroatoms. The number of anilines is 1. The number of esters is 1. The van der Waals surface area contributed by atoms with Gasteiger partial charge in [0.15, 0.2) is 0 Å². The van der Waals surface area contributed by atoms with Gasteiger partial charge in [0.2, 0.25) is 5.91 Å². The summed E-state index contributed by atoms with van der Waals surface area (Å²) in [5, 5.41) is 13.4. The fourth-order valence-corrected chi connectivity index (χ4v) is 7.53. The number of carbonyl (C=O) groups excluding carboxylic acids is 2. The largest absolute Gasteiger partial charge is 0.481 e. The standard InChI is InChI=1S/C25H35NO5S/c1-5-31-24(30)20-16-11-10-15(25(2,3)4)12-17(16)32-22(20)26-21(27)18-13-6-8-14(9-7-13)19(18)23(28)29/h13-15,18-19H,5-12H2,1-4H3,(H,26,27)(H,28,29)/t13?,14?,15-,18+,19+/m1/s1. The molecule has 6 nitrogen and oxygen atoms in total. The van der Waals surface area contributed by atoms with Crippen molar-refractivity contribution in [3.05, 3.63) is 16.0 Å². The Kier molecular flexibility index (Phi) is 6.40. The molecule has 1 amide bonds. The predicted octanol–water partition coefficient (Wildman–Crippen LogP) is 5.15. The molecule has 0 aromatic carbocycles. The number of nitrogens with one attached hydrogen (secondary N) is 1. The molecule has 32 heavy (non-hydrogen) atoms. The van der Waals surface area contributed by atoms with E-state index >= 15 is 0 Å². The molecule has 0 aliphatic heterocycles. The van der Waals surface area contributed by atoms with Crippen LogP contribution in [0.4, 0.5) is 5.00 Å². The van der Waals surface area contributed by atoms with Crippen LogP contribution in [-0.2, 0) is 27.2 Å². The summed E-state index contributed by atoms with van der Waals surface area (Å²) in [6.07, 6.45) is 6.28. The highest BCUT2D eigenvalue weighted by Gasteiger charge is 2.50. The quantitative estimate of drug-likeness (QED) is 0.592. The van der Waals surface area contributed by atoms with E-state index in [2.05, 4.69) is 26.1 Å². The second-order valence-corrected chi connectivity index (χ2v) is 11.9. The van der Waals surface area contributed by atoms with Gasteiger partial charge in [-0.1, -0.05) is 20.8 Å². The second-order valence-electron chi connectivity index (χ2n) is 10.8. The van der Waals surface area contributed by atoms with Gasteiger partial charge in [0, 0.05) is 4.88 Å². The van der Waals surface area contributed by atoms with Crippen molar-refractivity contribution in [3.63, 3.8) is 0 Å². The number of carboxylic acid groups (broad SMARTS) is 1. The average molecular weight is 462 g/mol. The summed E-state index contributed by atoms with van der Waals surface area (Å²) < 4.78 is 5.35. The number of carbonyl (C=O) groups is 3. The first-order valence-corrected chi connectivity index (χ1v) is 12.8. The third-order valence-electron chi connectivity index (χ3n) is 8.01. The first-order chi connectivity index (χ1) is 15.1. The third-order valence-corrected chi connectivity index (χ3v) is 9.18. The molecule has 1 heterocycles. The van der Waals surface area contributed by atoms with Crippen LogP contribution in [0.5, 0.6) is 0 Å². The topological polar surface area (TPSA) is 92.7 Å². The number of ether oxygens (including phenoxy) is 1. The predicted molar refractivity (Wildman–Crippen MR) is 124 cm³/mol. The highest BCUT2D eigenvalue weighted by Crippen LogP contribution is 2.50. The summed E-state index contributed by atoms with van der Waals surface area (Å²) in [4.78, 5) is 39.5. The molecule has 1 aromatic rings. The Bertz CT molecular complexity index is 906. The summed E-state index contributed by atoms with van der Waals surface area (Å²) in [6, 6.07) is 0. The molecule has 4 aliphatic carbocycles. The zero-order valence-electron chi connectivity index (χ0n) is 19.5. The molecular formula is C25H35NO5S. The molecule has 5 rings (SSSR count). The van der Waals surface area contributed by atoms with Crippen LogP contribution in [0.15, 0.2) is 0 Å². The van der Waals surface area contributed by atoms with Gasteiger partial charge in [-0.2, -0.15) is 0 Å². The van der Waals surface area contributed by atoms with Crippen LogP contribution in [0.25, 0.3) is 0 Å². The van der Waals surface area contributed by atoms with E-state index < -0.39 is 23.8 Å². The van der Waals surface area contributed by atoms with Crippen molar-refractivity contribution in [2.24, 2.45) is 35.0 Å². The first kappa shape index (κ1) is 23.3. The zero-order chi connectivity index (χ0) is 23.2. The Hall–Kier alpha value is -1.89. The Morgan fingerprint density at radius 1 is 1.06 bits per heavy atom. The molecule has 176 valence electrons. The molecule has 3 saturated carbocycles. The molecule has 2 bridgehead atoms. The normalized spacial score (nSPS) is 29.3. The van der Waals surface area contributed by atoms with Gasteiger partial charge < -0.3 is 15.2 Å². The van der Waals surface area contributed by atoms with E-state index in [0.29, 0.717) is 16.5 Å². The minimum absolute atomic E-state index is 0.0712. The number of hydrogen-bond acceptors (Lipinski definition) is 5. The number of rotatable bonds is 5. The van der Waals surface area contributed by atoms with Crippen LogP contribution >= 0.6 is 11.3 Å². The molecular weight excluding hydrogens is 426 g/mol. The fourth-order valence-electron chi connectivity index (χ4n) is 6.21. The van der Waals surface area contributed by atoms with Crippen LogP contribution in [0.3, 0.4) is 0 Å². The molecule has 2 N–H and O–H groups in total. The molecule has 4 aliphatic rings. The van der Waals surface area contributed by atoms with Gasteiger partial charge in [0.1, 0.15) is 5.00 Å². The van der Waals surface area contributed by atoms with Crippen molar-refractivity contribution in [2.45, 2.75) is 72.6 Å². The van der Waals surface area contributed by atoms with Crippen molar-refractivity contribution in [3.8, 4) is 0 Å². The highest BCUT2D eigenvalue weighted by molar-refractivity contribution is 7.17. The Morgan fingerprint density at radius 3 is 2.25 bits per heavy atom. The van der Waals surface area contributed by atoms with Crippen LogP contribution in [0.2, 0.25) is 0 Å². The lowest BCUT2D eigenvalue weighted by atomic mass is 9.58. The number of amides is 1. The average Bonchev–Trinajstić information content (AvgIpc) is 3.10. The monoisotopic (exact) mass is 461 g/mol. The molecule has 0 unspecified atom stereocenters. The van der Waals surface area contributed by atoms with Gasteiger partial charge >= 0.3 is 11.9 Å². The van der Waals surface area contributed by atoms with Crippen LogP contribution in [-0.4, -0.2) is 29.6 Å².